The minimum atomic E-state index is -3.59. The number of halogens is 2. The first-order valence-electron chi connectivity index (χ1n) is 11.8. The summed E-state index contributed by atoms with van der Waals surface area (Å²) in [6.07, 6.45) is 1.89. The molecule has 10 heteroatoms. The van der Waals surface area contributed by atoms with E-state index < -0.39 is 21.6 Å². The van der Waals surface area contributed by atoms with Gasteiger partial charge in [0.15, 0.2) is 0 Å². The number of nitrogens with one attached hydrogen (secondary N) is 1. The lowest BCUT2D eigenvalue weighted by Crippen LogP contribution is -2.53. The Morgan fingerprint density at radius 2 is 1.67 bits per heavy atom. The van der Waals surface area contributed by atoms with Crippen LogP contribution >= 0.6 is 23.2 Å². The average molecular weight is 557 g/mol. The molecule has 2 aromatic carbocycles. The van der Waals surface area contributed by atoms with Gasteiger partial charge < -0.3 is 10.2 Å². The number of carbonyl (C=O) groups excluding carboxylic acids is 2. The Morgan fingerprint density at radius 3 is 2.19 bits per heavy atom. The van der Waals surface area contributed by atoms with E-state index in [9.17, 15) is 18.0 Å². The molecule has 198 valence electrons. The van der Waals surface area contributed by atoms with E-state index in [0.29, 0.717) is 22.2 Å². The van der Waals surface area contributed by atoms with Crippen LogP contribution in [0.15, 0.2) is 48.5 Å². The molecule has 0 aliphatic rings. The number of carbonyl (C=O) groups is 2. The number of hydrogen-bond donors (Lipinski definition) is 1. The fourth-order valence-electron chi connectivity index (χ4n) is 3.79. The molecule has 7 nitrogen and oxygen atoms in total. The molecule has 2 aromatic rings. The molecule has 0 aromatic heterocycles. The molecule has 0 saturated heterocycles. The highest BCUT2D eigenvalue weighted by Gasteiger charge is 2.30. The van der Waals surface area contributed by atoms with Crippen molar-refractivity contribution >= 4 is 50.7 Å². The van der Waals surface area contributed by atoms with Crippen LogP contribution < -0.4 is 9.62 Å². The molecule has 2 amide bonds. The maximum absolute atomic E-state index is 13.4. The Morgan fingerprint density at radius 1 is 1.03 bits per heavy atom. The molecule has 0 aliphatic carbocycles. The fraction of sp³-hybridized carbons (Fsp3) is 0.462. The third-order valence-corrected chi connectivity index (χ3v) is 7.08. The van der Waals surface area contributed by atoms with Crippen molar-refractivity contribution in [3.63, 3.8) is 0 Å². The number of hydrogen-bond acceptors (Lipinski definition) is 4. The third-order valence-electron chi connectivity index (χ3n) is 5.40. The number of sulfonamides is 1. The molecule has 36 heavy (non-hydrogen) atoms. The minimum Gasteiger partial charge on any atom is -0.350 e. The van der Waals surface area contributed by atoms with E-state index in [-0.39, 0.29) is 37.7 Å². The fourth-order valence-corrected chi connectivity index (χ4v) is 5.06. The Bertz CT molecular complexity index is 1150. The van der Waals surface area contributed by atoms with Gasteiger partial charge >= 0.3 is 0 Å². The standard InChI is InChI=1S/C26H35Cl2N3O4S/c1-6-23(25(33)29-26(2,3)4)30(18-19-12-14-20(27)15-13-19)24(32)11-8-16-31(36(5,34)35)22-10-7-9-21(28)17-22/h7,9-10,12-15,17,23H,6,8,11,16,18H2,1-5H3,(H,29,33). The van der Waals surface area contributed by atoms with Crippen molar-refractivity contribution in [2.24, 2.45) is 0 Å². The van der Waals surface area contributed by atoms with E-state index in [1.54, 1.807) is 41.3 Å². The predicted molar refractivity (Wildman–Crippen MR) is 147 cm³/mol. The van der Waals surface area contributed by atoms with Crippen molar-refractivity contribution in [2.45, 2.75) is 65.1 Å². The number of amides is 2. The van der Waals surface area contributed by atoms with Crippen molar-refractivity contribution in [3.05, 3.63) is 64.1 Å². The third kappa shape index (κ3) is 9.30. The lowest BCUT2D eigenvalue weighted by molar-refractivity contribution is -0.142. The molecular formula is C26H35Cl2N3O4S. The molecule has 0 heterocycles. The second-order valence-corrected chi connectivity index (χ2v) is 12.5. The maximum Gasteiger partial charge on any atom is 0.243 e. The first kappa shape index (κ1) is 29.9. The monoisotopic (exact) mass is 555 g/mol. The number of benzene rings is 2. The number of rotatable bonds is 11. The van der Waals surface area contributed by atoms with Crippen molar-refractivity contribution in [3.8, 4) is 0 Å². The Balaban J connectivity index is 2.23. The van der Waals surface area contributed by atoms with Crippen LogP contribution in [0, 0.1) is 0 Å². The summed E-state index contributed by atoms with van der Waals surface area (Å²) in [5.41, 5.74) is 0.824. The second-order valence-electron chi connectivity index (χ2n) is 9.73. The molecule has 0 fully saturated rings. The van der Waals surface area contributed by atoms with Crippen molar-refractivity contribution in [1.82, 2.24) is 10.2 Å². The largest absolute Gasteiger partial charge is 0.350 e. The summed E-state index contributed by atoms with van der Waals surface area (Å²) in [4.78, 5) is 28.1. The first-order chi connectivity index (χ1) is 16.7. The average Bonchev–Trinajstić information content (AvgIpc) is 2.75. The molecule has 1 N–H and O–H groups in total. The lowest BCUT2D eigenvalue weighted by atomic mass is 10.0. The second kappa shape index (κ2) is 12.8. The van der Waals surface area contributed by atoms with Crippen LogP contribution in [0.5, 0.6) is 0 Å². The van der Waals surface area contributed by atoms with Gasteiger partial charge in [-0.3, -0.25) is 13.9 Å². The highest BCUT2D eigenvalue weighted by atomic mass is 35.5. The molecule has 0 aliphatic heterocycles. The zero-order chi connectivity index (χ0) is 27.1. The first-order valence-corrected chi connectivity index (χ1v) is 14.4. The predicted octanol–water partition coefficient (Wildman–Crippen LogP) is 5.26. The molecule has 2 rings (SSSR count). The van der Waals surface area contributed by atoms with Gasteiger partial charge in [-0.2, -0.15) is 0 Å². The van der Waals surface area contributed by atoms with Crippen LogP contribution in [-0.4, -0.2) is 49.5 Å². The van der Waals surface area contributed by atoms with Crippen LogP contribution in [0.25, 0.3) is 0 Å². The van der Waals surface area contributed by atoms with Gasteiger partial charge in [0.05, 0.1) is 11.9 Å². The molecule has 0 radical (unpaired) electrons. The molecule has 0 spiro atoms. The zero-order valence-electron chi connectivity index (χ0n) is 21.4. The maximum atomic E-state index is 13.4. The molecular weight excluding hydrogens is 521 g/mol. The minimum absolute atomic E-state index is 0.0689. The van der Waals surface area contributed by atoms with E-state index in [2.05, 4.69) is 5.32 Å². The van der Waals surface area contributed by atoms with Gasteiger partial charge in [-0.15, -0.1) is 0 Å². The van der Waals surface area contributed by atoms with Crippen LogP contribution in [0.1, 0.15) is 52.5 Å². The van der Waals surface area contributed by atoms with Crippen molar-refractivity contribution < 1.29 is 18.0 Å². The van der Waals surface area contributed by atoms with Gasteiger partial charge in [-0.05, 0) is 69.5 Å². The zero-order valence-corrected chi connectivity index (χ0v) is 23.8. The van der Waals surface area contributed by atoms with E-state index in [0.717, 1.165) is 11.8 Å². The summed E-state index contributed by atoms with van der Waals surface area (Å²) < 4.78 is 26.1. The van der Waals surface area contributed by atoms with Gasteiger partial charge in [0, 0.05) is 35.1 Å². The highest BCUT2D eigenvalue weighted by Crippen LogP contribution is 2.23. The van der Waals surface area contributed by atoms with E-state index in [1.165, 1.54) is 4.31 Å². The lowest BCUT2D eigenvalue weighted by Gasteiger charge is -2.33. The van der Waals surface area contributed by atoms with Crippen molar-refractivity contribution in [1.29, 1.82) is 0 Å². The summed E-state index contributed by atoms with van der Waals surface area (Å²) >= 11 is 12.1. The summed E-state index contributed by atoms with van der Waals surface area (Å²) in [5, 5.41) is 3.97. The van der Waals surface area contributed by atoms with Gasteiger partial charge in [0.2, 0.25) is 21.8 Å². The Kier molecular flexibility index (Phi) is 10.6. The van der Waals surface area contributed by atoms with Gasteiger partial charge in [-0.1, -0.05) is 48.3 Å². The SMILES string of the molecule is CCC(C(=O)NC(C)(C)C)N(Cc1ccc(Cl)cc1)C(=O)CCCN(c1cccc(Cl)c1)S(C)(=O)=O. The van der Waals surface area contributed by atoms with Crippen LogP contribution in [0.2, 0.25) is 10.0 Å². The Labute approximate surface area is 224 Å². The number of nitrogens with zero attached hydrogens (tertiary/aromatic N) is 2. The normalized spacial score (nSPS) is 12.6. The molecule has 1 unspecified atom stereocenters. The van der Waals surface area contributed by atoms with Crippen LogP contribution in [-0.2, 0) is 26.2 Å². The van der Waals surface area contributed by atoms with Gasteiger partial charge in [0.25, 0.3) is 0 Å². The smallest absolute Gasteiger partial charge is 0.243 e. The van der Waals surface area contributed by atoms with Crippen LogP contribution in [0.3, 0.4) is 0 Å². The summed E-state index contributed by atoms with van der Waals surface area (Å²) in [5.74, 6) is -0.468. The van der Waals surface area contributed by atoms with Crippen molar-refractivity contribution in [2.75, 3.05) is 17.1 Å². The van der Waals surface area contributed by atoms with Gasteiger partial charge in [0.1, 0.15) is 6.04 Å². The molecule has 1 atom stereocenters. The summed E-state index contributed by atoms with van der Waals surface area (Å²) in [7, 11) is -3.59. The molecule has 0 bridgehead atoms. The van der Waals surface area contributed by atoms with Gasteiger partial charge in [-0.25, -0.2) is 8.42 Å². The van der Waals surface area contributed by atoms with E-state index in [1.807, 2.05) is 39.8 Å². The Hall–Kier alpha value is -2.29. The highest BCUT2D eigenvalue weighted by molar-refractivity contribution is 7.92. The number of anilines is 1. The van der Waals surface area contributed by atoms with E-state index in [4.69, 9.17) is 23.2 Å². The molecule has 0 saturated carbocycles. The van der Waals surface area contributed by atoms with E-state index >= 15 is 0 Å². The summed E-state index contributed by atoms with van der Waals surface area (Å²) in [6.45, 7) is 7.86. The van der Waals surface area contributed by atoms with Crippen LogP contribution in [0.4, 0.5) is 5.69 Å². The quantitative estimate of drug-likeness (QED) is 0.409. The topological polar surface area (TPSA) is 86.8 Å². The summed E-state index contributed by atoms with van der Waals surface area (Å²) in [6, 6.07) is 13.0.